The predicted octanol–water partition coefficient (Wildman–Crippen LogP) is 5.82. The van der Waals surface area contributed by atoms with Gasteiger partial charge in [-0.1, -0.05) is 103 Å². The van der Waals surface area contributed by atoms with Gasteiger partial charge in [0, 0.05) is 6.42 Å². The number of hydrogen-bond donors (Lipinski definition) is 1. The standard InChI is InChI=1S/C19H37N4/c1-2-3-4-5-6-7-8-9-10-11-12-13-14-15-16-17-18-19-20-22-23-21-19/h1-18H2,(H,20,21,22,23). The minimum absolute atomic E-state index is 0.923. The molecule has 4 nitrogen and oxygen atoms in total. The zero-order valence-electron chi connectivity index (χ0n) is 15.1. The zero-order chi connectivity index (χ0) is 16.4. The number of nitrogens with zero attached hydrogens (tertiary/aromatic N) is 3. The summed E-state index contributed by atoms with van der Waals surface area (Å²) in [5.41, 5.74) is 0. The topological polar surface area (TPSA) is 54.5 Å². The van der Waals surface area contributed by atoms with Gasteiger partial charge in [-0.05, 0) is 16.8 Å². The summed E-state index contributed by atoms with van der Waals surface area (Å²) in [4.78, 5) is 0. The molecule has 0 aliphatic heterocycles. The van der Waals surface area contributed by atoms with Gasteiger partial charge >= 0.3 is 0 Å². The summed E-state index contributed by atoms with van der Waals surface area (Å²) in [5.74, 6) is 0.923. The van der Waals surface area contributed by atoms with E-state index in [1.54, 1.807) is 0 Å². The van der Waals surface area contributed by atoms with Gasteiger partial charge in [0.25, 0.3) is 0 Å². The van der Waals surface area contributed by atoms with E-state index in [2.05, 4.69) is 27.5 Å². The van der Waals surface area contributed by atoms with Gasteiger partial charge in [-0.3, -0.25) is 0 Å². The highest BCUT2D eigenvalue weighted by Crippen LogP contribution is 2.13. The molecule has 23 heavy (non-hydrogen) atoms. The fraction of sp³-hybridized carbons (Fsp3) is 0.895. The fourth-order valence-corrected chi connectivity index (χ4v) is 3.05. The lowest BCUT2D eigenvalue weighted by atomic mass is 10.0. The number of aryl methyl sites for hydroxylation is 1. The SMILES string of the molecule is [CH2]CCCCCCCCCCCCCCCCCc1nnn[nH]1. The molecule has 0 aromatic carbocycles. The van der Waals surface area contributed by atoms with Crippen molar-refractivity contribution in [3.63, 3.8) is 0 Å². The van der Waals surface area contributed by atoms with Crippen LogP contribution in [0.4, 0.5) is 0 Å². The zero-order valence-corrected chi connectivity index (χ0v) is 15.1. The molecule has 1 heterocycles. The van der Waals surface area contributed by atoms with Crippen molar-refractivity contribution in [2.24, 2.45) is 0 Å². The van der Waals surface area contributed by atoms with Gasteiger partial charge in [0.2, 0.25) is 0 Å². The van der Waals surface area contributed by atoms with Crippen LogP contribution >= 0.6 is 0 Å². The first-order chi connectivity index (χ1) is 11.4. The summed E-state index contributed by atoms with van der Waals surface area (Å²) in [6, 6.07) is 0. The lowest BCUT2D eigenvalue weighted by molar-refractivity contribution is 0.530. The molecule has 0 bridgehead atoms. The van der Waals surface area contributed by atoms with E-state index < -0.39 is 0 Å². The van der Waals surface area contributed by atoms with Crippen molar-refractivity contribution in [1.29, 1.82) is 0 Å². The quantitative estimate of drug-likeness (QED) is 0.368. The molecular formula is C19H37N4. The van der Waals surface area contributed by atoms with Gasteiger partial charge in [0.15, 0.2) is 0 Å². The molecule has 0 spiro atoms. The van der Waals surface area contributed by atoms with Crippen LogP contribution in [0.5, 0.6) is 0 Å². The number of unbranched alkanes of at least 4 members (excludes halogenated alkanes) is 15. The number of aromatic amines is 1. The summed E-state index contributed by atoms with van der Waals surface area (Å²) in [7, 11) is 0. The van der Waals surface area contributed by atoms with E-state index in [9.17, 15) is 0 Å². The molecule has 1 radical (unpaired) electrons. The molecule has 1 N–H and O–H groups in total. The predicted molar refractivity (Wildman–Crippen MR) is 97.1 cm³/mol. The number of nitrogens with one attached hydrogen (secondary N) is 1. The second kappa shape index (κ2) is 15.9. The highest BCUT2D eigenvalue weighted by atomic mass is 15.5. The molecule has 0 unspecified atom stereocenters. The average molecular weight is 322 g/mol. The van der Waals surface area contributed by atoms with Gasteiger partial charge < -0.3 is 0 Å². The van der Waals surface area contributed by atoms with Crippen molar-refractivity contribution in [1.82, 2.24) is 20.6 Å². The molecule has 0 aliphatic rings. The van der Waals surface area contributed by atoms with Crippen LogP contribution in [0.1, 0.15) is 109 Å². The van der Waals surface area contributed by atoms with Crippen LogP contribution in [-0.2, 0) is 6.42 Å². The Morgan fingerprint density at radius 1 is 0.609 bits per heavy atom. The van der Waals surface area contributed by atoms with E-state index in [4.69, 9.17) is 0 Å². The van der Waals surface area contributed by atoms with E-state index in [1.165, 1.54) is 96.3 Å². The lowest BCUT2D eigenvalue weighted by Crippen LogP contribution is -1.89. The Hall–Kier alpha value is -0.930. The molecular weight excluding hydrogens is 284 g/mol. The van der Waals surface area contributed by atoms with Crippen molar-refractivity contribution >= 4 is 0 Å². The van der Waals surface area contributed by atoms with Crippen LogP contribution in [0.25, 0.3) is 0 Å². The lowest BCUT2D eigenvalue weighted by Gasteiger charge is -2.03. The summed E-state index contributed by atoms with van der Waals surface area (Å²) in [5, 5.41) is 13.9. The summed E-state index contributed by atoms with van der Waals surface area (Å²) >= 11 is 0. The molecule has 0 amide bonds. The molecule has 0 saturated carbocycles. The number of tetrazole rings is 1. The normalized spacial score (nSPS) is 11.2. The second-order valence-corrected chi connectivity index (χ2v) is 6.75. The maximum absolute atomic E-state index is 3.90. The Morgan fingerprint density at radius 3 is 1.43 bits per heavy atom. The first-order valence-corrected chi connectivity index (χ1v) is 9.95. The molecule has 1 rings (SSSR count). The van der Waals surface area contributed by atoms with Gasteiger partial charge in [-0.15, -0.1) is 5.10 Å². The monoisotopic (exact) mass is 321 g/mol. The molecule has 4 heteroatoms. The van der Waals surface area contributed by atoms with Crippen molar-refractivity contribution in [2.75, 3.05) is 0 Å². The van der Waals surface area contributed by atoms with Crippen LogP contribution < -0.4 is 0 Å². The van der Waals surface area contributed by atoms with Crippen molar-refractivity contribution in [3.05, 3.63) is 12.7 Å². The first-order valence-electron chi connectivity index (χ1n) is 9.95. The smallest absolute Gasteiger partial charge is 0.148 e. The van der Waals surface area contributed by atoms with Crippen molar-refractivity contribution < 1.29 is 0 Å². The molecule has 1 aromatic rings. The van der Waals surface area contributed by atoms with Gasteiger partial charge in [0.05, 0.1) is 0 Å². The minimum Gasteiger partial charge on any atom is -0.243 e. The van der Waals surface area contributed by atoms with E-state index in [0.717, 1.165) is 18.7 Å². The molecule has 1 aromatic heterocycles. The Morgan fingerprint density at radius 2 is 1.04 bits per heavy atom. The van der Waals surface area contributed by atoms with Gasteiger partial charge in [-0.2, -0.15) is 0 Å². The van der Waals surface area contributed by atoms with Crippen molar-refractivity contribution in [3.8, 4) is 0 Å². The van der Waals surface area contributed by atoms with Gasteiger partial charge in [0.1, 0.15) is 5.82 Å². The number of rotatable bonds is 17. The molecule has 133 valence electrons. The maximum Gasteiger partial charge on any atom is 0.148 e. The number of H-pyrrole nitrogens is 1. The fourth-order valence-electron chi connectivity index (χ4n) is 3.05. The third-order valence-electron chi connectivity index (χ3n) is 4.55. The second-order valence-electron chi connectivity index (χ2n) is 6.75. The van der Waals surface area contributed by atoms with E-state index in [-0.39, 0.29) is 0 Å². The van der Waals surface area contributed by atoms with Crippen LogP contribution in [0.3, 0.4) is 0 Å². The molecule has 0 aliphatic carbocycles. The molecule has 0 fully saturated rings. The van der Waals surface area contributed by atoms with Crippen LogP contribution in [0.15, 0.2) is 0 Å². The van der Waals surface area contributed by atoms with Crippen molar-refractivity contribution in [2.45, 2.75) is 109 Å². The van der Waals surface area contributed by atoms with Crippen LogP contribution in [0.2, 0.25) is 0 Å². The number of hydrogen-bond acceptors (Lipinski definition) is 3. The maximum atomic E-state index is 3.90. The Balaban J connectivity index is 1.67. The highest BCUT2D eigenvalue weighted by Gasteiger charge is 1.97. The highest BCUT2D eigenvalue weighted by molar-refractivity contribution is 4.74. The Kier molecular flexibility index (Phi) is 13.9. The number of aromatic nitrogens is 4. The Bertz CT molecular complexity index is 324. The first kappa shape index (κ1) is 20.1. The summed E-state index contributed by atoms with van der Waals surface area (Å²) in [6.07, 6.45) is 23.0. The summed E-state index contributed by atoms with van der Waals surface area (Å²) in [6.45, 7) is 3.89. The third-order valence-corrected chi connectivity index (χ3v) is 4.55. The van der Waals surface area contributed by atoms with E-state index in [0.29, 0.717) is 0 Å². The van der Waals surface area contributed by atoms with E-state index >= 15 is 0 Å². The molecule has 0 atom stereocenters. The molecule has 0 saturated heterocycles. The Labute approximate surface area is 143 Å². The average Bonchev–Trinajstić information content (AvgIpc) is 3.08. The third kappa shape index (κ3) is 13.2. The van der Waals surface area contributed by atoms with Crippen LogP contribution in [0, 0.1) is 6.92 Å². The van der Waals surface area contributed by atoms with E-state index in [1.807, 2.05) is 0 Å². The largest absolute Gasteiger partial charge is 0.243 e. The summed E-state index contributed by atoms with van der Waals surface area (Å²) < 4.78 is 0. The van der Waals surface area contributed by atoms with Gasteiger partial charge in [-0.25, -0.2) is 5.10 Å². The van der Waals surface area contributed by atoms with Crippen LogP contribution in [-0.4, -0.2) is 20.6 Å². The minimum atomic E-state index is 0.923.